The van der Waals surface area contributed by atoms with E-state index in [2.05, 4.69) is 0 Å². The molecule has 0 spiro atoms. The first-order chi connectivity index (χ1) is 52.4. The van der Waals surface area contributed by atoms with Crippen molar-refractivity contribution < 1.29 is 167 Å². The number of aliphatic hydroxyl groups is 11. The molecule has 111 heavy (non-hydrogen) atoms. The zero-order valence-electron chi connectivity index (χ0n) is 63.2. The maximum absolute atomic E-state index is 16.2. The Kier molecular flexibility index (Phi) is 21.6. The number of allylic oxidation sites excluding steroid dienone is 2. The lowest BCUT2D eigenvalue weighted by atomic mass is 9.53. The fourth-order valence-corrected chi connectivity index (χ4v) is 19.8. The summed E-state index contributed by atoms with van der Waals surface area (Å²) in [7, 11) is 3.10. The Morgan fingerprint density at radius 1 is 0.532 bits per heavy atom. The third kappa shape index (κ3) is 12.0. The van der Waals surface area contributed by atoms with Crippen molar-refractivity contribution in [1.29, 1.82) is 0 Å². The molecule has 0 radical (unpaired) electrons. The van der Waals surface area contributed by atoms with Crippen molar-refractivity contribution in [3.8, 4) is 34.5 Å². The van der Waals surface area contributed by atoms with Gasteiger partial charge in [-0.2, -0.15) is 0 Å². The highest BCUT2D eigenvalue weighted by molar-refractivity contribution is 6.43. The third-order valence-electron chi connectivity index (χ3n) is 25.6. The van der Waals surface area contributed by atoms with Crippen LogP contribution in [0.2, 0.25) is 0 Å². The summed E-state index contributed by atoms with van der Waals surface area (Å²) in [6, 6.07) is 1.25. The minimum Gasteiger partial charge on any atom is -0.507 e. The molecule has 0 amide bonds. The lowest BCUT2D eigenvalue weighted by Crippen LogP contribution is -2.80. The number of hydrogen-bond acceptors (Lipinski definition) is 34. The third-order valence-corrected chi connectivity index (χ3v) is 25.6. The Morgan fingerprint density at radius 3 is 1.65 bits per heavy atom. The molecule has 34 nitrogen and oxygen atoms in total. The second-order valence-corrected chi connectivity index (χ2v) is 31.7. The van der Waals surface area contributed by atoms with Gasteiger partial charge in [0.15, 0.2) is 65.7 Å². The molecule has 4 bridgehead atoms. The van der Waals surface area contributed by atoms with Crippen LogP contribution in [0.5, 0.6) is 34.5 Å². The summed E-state index contributed by atoms with van der Waals surface area (Å²) in [4.78, 5) is 76.4. The number of rotatable bonds is 19. The number of ether oxygens (including phenoxy) is 14. The van der Waals surface area contributed by atoms with E-state index in [0.717, 1.165) is 21.3 Å². The fourth-order valence-electron chi connectivity index (χ4n) is 19.8. The molecule has 15 unspecified atom stereocenters. The number of benzene rings is 3. The summed E-state index contributed by atoms with van der Waals surface area (Å²) >= 11 is 0. The molecule has 14 rings (SSSR count). The van der Waals surface area contributed by atoms with E-state index >= 15 is 19.2 Å². The molecule has 6 saturated heterocycles. The highest BCUT2D eigenvalue weighted by Gasteiger charge is 2.82. The van der Waals surface area contributed by atoms with Gasteiger partial charge in [0.1, 0.15) is 76.4 Å². The van der Waals surface area contributed by atoms with Gasteiger partial charge in [0, 0.05) is 49.0 Å². The number of Topliss-reactive ketones (excluding diaryl/α,β-unsaturated/α-hetero) is 5. The average Bonchev–Trinajstić information content (AvgIpc) is 1.47. The van der Waals surface area contributed by atoms with E-state index in [1.807, 2.05) is 0 Å². The van der Waals surface area contributed by atoms with Crippen LogP contribution in [0.25, 0.3) is 16.3 Å². The van der Waals surface area contributed by atoms with Gasteiger partial charge in [0.2, 0.25) is 23.1 Å². The monoisotopic (exact) mass is 1570 g/mol. The normalized spacial score (nSPS) is 42.8. The van der Waals surface area contributed by atoms with Gasteiger partial charge < -0.3 is 143 Å². The number of aliphatic hydroxyl groups excluding tert-OH is 7. The molecule has 15 N–H and O–H groups in total. The van der Waals surface area contributed by atoms with Crippen molar-refractivity contribution in [2.75, 3.05) is 21.3 Å². The molecule has 34 heteroatoms. The summed E-state index contributed by atoms with van der Waals surface area (Å²) in [6.07, 6.45) is -33.1. The summed E-state index contributed by atoms with van der Waals surface area (Å²) < 4.78 is 87.2. The quantitative estimate of drug-likeness (QED) is 0.0757. The van der Waals surface area contributed by atoms with E-state index in [1.54, 1.807) is 34.6 Å². The molecule has 3 aromatic carbocycles. The van der Waals surface area contributed by atoms with Gasteiger partial charge in [-0.05, 0) is 91.7 Å². The lowest BCUT2D eigenvalue weighted by molar-refractivity contribution is -0.358. The van der Waals surface area contributed by atoms with Crippen LogP contribution >= 0.6 is 0 Å². The van der Waals surface area contributed by atoms with Crippen LogP contribution in [-0.2, 0) is 68.1 Å². The summed E-state index contributed by atoms with van der Waals surface area (Å²) in [5.41, 5.74) is -19.6. The maximum Gasteiger partial charge on any atom is 0.232 e. The number of phenolic OH excluding ortho intramolecular Hbond substituents is 4. The first kappa shape index (κ1) is 81.3. The van der Waals surface area contributed by atoms with Gasteiger partial charge in [-0.1, -0.05) is 26.7 Å². The average molecular weight is 1570 g/mol. The zero-order chi connectivity index (χ0) is 80.4. The van der Waals surface area contributed by atoms with E-state index in [1.165, 1.54) is 26.8 Å². The molecule has 612 valence electrons. The predicted octanol–water partition coefficient (Wildman–Crippen LogP) is 1.53. The standard InChI is InChI=1S/C77H100O34/c1-12-19-74(95)71(109-40-17-15-38(27(4)102-40)106-41-18-21-73(94,30(7)78)31(8)105-41)61(90)64(107-42-24-36(80)53(82)28(5)103-42)34-23-32-22-33-45(55(84)44(32)69(92)76(34,74)96)56(85)49(67(100-11)63(33)98-9)48-57(86)46-47(60(89)66(48)99-10)58(87)50-51(59(46)88)70(93)77(97)52-65(50)111-75(77,20-13-2)72(110-39-16-14-35(79)26(3)101-39)62(91)68(52)108-43-25-37(81)54(83)29(6)104-43/h22,26-29,31,34-43,52-54,61-62,64-65,68,71-72,79-85,87-88,90-91,94-97H,12-21,23-25H2,1-11H3/t26-,27-,28+,29+,31+,34?,35?,36-,37-,38?,39+,40+,41+,42+,43+,52?,53+,54+,61?,62?,64?,65?,68?,71?,72?,73-,74?,75?,76?,77?/m1/s1. The highest BCUT2D eigenvalue weighted by Crippen LogP contribution is 2.69. The largest absolute Gasteiger partial charge is 0.507 e. The van der Waals surface area contributed by atoms with Gasteiger partial charge in [0.25, 0.3) is 0 Å². The van der Waals surface area contributed by atoms with Gasteiger partial charge in [-0.25, -0.2) is 0 Å². The Bertz CT molecular complexity index is 4220. The van der Waals surface area contributed by atoms with E-state index in [4.69, 9.17) is 66.3 Å². The molecule has 5 aliphatic carbocycles. The molecule has 2 saturated carbocycles. The van der Waals surface area contributed by atoms with Gasteiger partial charge in [-0.3, -0.25) is 24.0 Å². The Morgan fingerprint density at radius 2 is 1.08 bits per heavy atom. The number of phenols is 4. The molecule has 8 fully saturated rings. The molecular formula is C77H100O34. The van der Waals surface area contributed by atoms with Crippen LogP contribution in [-0.4, -0.2) is 290 Å². The number of aromatic hydroxyl groups is 4. The first-order valence-electron chi connectivity index (χ1n) is 38.0. The molecule has 6 heterocycles. The second kappa shape index (κ2) is 29.5. The van der Waals surface area contributed by atoms with E-state index < -0.39 is 320 Å². The highest BCUT2D eigenvalue weighted by atomic mass is 16.7. The van der Waals surface area contributed by atoms with Gasteiger partial charge in [-0.15, -0.1) is 0 Å². The maximum atomic E-state index is 16.2. The fraction of sp³-hybridized carbons (Fsp3) is 0.701. The molecular weight excluding hydrogens is 1470 g/mol. The number of fused-ring (bicyclic) bond motifs is 6. The lowest BCUT2D eigenvalue weighted by Gasteiger charge is -2.60. The molecule has 11 aliphatic rings. The van der Waals surface area contributed by atoms with Crippen molar-refractivity contribution in [2.24, 2.45) is 11.8 Å². The molecule has 6 aliphatic heterocycles. The van der Waals surface area contributed by atoms with Crippen LogP contribution in [0, 0.1) is 11.8 Å². The van der Waals surface area contributed by atoms with Crippen molar-refractivity contribution in [1.82, 2.24) is 0 Å². The first-order valence-corrected chi connectivity index (χ1v) is 38.0. The van der Waals surface area contributed by atoms with Crippen LogP contribution in [0.4, 0.5) is 0 Å². The Labute approximate surface area is 636 Å². The molecule has 30 atom stereocenters. The van der Waals surface area contributed by atoms with Crippen LogP contribution in [0.1, 0.15) is 197 Å². The number of carbonyl (C=O) groups is 5. The van der Waals surface area contributed by atoms with Crippen LogP contribution in [0.15, 0.2) is 11.8 Å². The Balaban J connectivity index is 0.865. The van der Waals surface area contributed by atoms with Crippen LogP contribution in [0.3, 0.4) is 0 Å². The van der Waals surface area contributed by atoms with Gasteiger partial charge in [0.05, 0.1) is 139 Å². The summed E-state index contributed by atoms with van der Waals surface area (Å²) in [5.74, 6) is -16.6. The number of ketones is 5. The number of hydrogen-bond donors (Lipinski definition) is 15. The van der Waals surface area contributed by atoms with E-state index in [-0.39, 0.29) is 68.7 Å². The van der Waals surface area contributed by atoms with Gasteiger partial charge >= 0.3 is 0 Å². The summed E-state index contributed by atoms with van der Waals surface area (Å²) in [6.45, 7) is 12.2. The predicted molar refractivity (Wildman–Crippen MR) is 374 cm³/mol. The summed E-state index contributed by atoms with van der Waals surface area (Å²) in [5, 5.41) is 183. The van der Waals surface area contributed by atoms with Crippen molar-refractivity contribution in [2.45, 2.75) is 308 Å². The minimum absolute atomic E-state index is 0.00134. The van der Waals surface area contributed by atoms with E-state index in [0.29, 0.717) is 0 Å². The molecule has 3 aromatic rings. The smallest absolute Gasteiger partial charge is 0.232 e. The van der Waals surface area contributed by atoms with Crippen molar-refractivity contribution >= 4 is 45.3 Å². The Hall–Kier alpha value is -6.27. The minimum atomic E-state index is -3.19. The van der Waals surface area contributed by atoms with E-state index in [9.17, 15) is 81.4 Å². The SMILES string of the molecule is CCCC1(O)C(O[C@H]2CCC(O[C@H]3CC[C@@](O)(C(C)=O)[C@H](C)O3)[C@@H](C)O2)C(O)C(O[C@H]2C[C@@H](O)[C@@H](O)[C@H](C)O2)C2Cc3cc4c(OC)c(OC)c(C5=C(OC)C(=O)c6c(O)c7c(c(O)c6C5=O)C(=O)C5(O)C6C7OC5(CCC)C(O[C@H]5CCC(O)[C@@H](C)O5)C(O)C6O[C@H]5C[C@@H](O)[C@@H](O)[C@H](C)O5)c(O)c4c(O)c3C(=O)C21O. The molecule has 0 aromatic heterocycles. The van der Waals surface area contributed by atoms with Crippen molar-refractivity contribution in [3.05, 3.63) is 50.8 Å². The second-order valence-electron chi connectivity index (χ2n) is 31.7. The number of carbonyl (C=O) groups excluding carboxylic acids is 5. The topological polar surface area (TPSA) is 518 Å². The van der Waals surface area contributed by atoms with Crippen molar-refractivity contribution in [3.63, 3.8) is 0 Å². The van der Waals surface area contributed by atoms with Crippen LogP contribution < -0.4 is 9.47 Å². The number of methoxy groups -OCH3 is 3. The zero-order valence-corrected chi connectivity index (χ0v) is 63.2.